The van der Waals surface area contributed by atoms with Crippen LogP contribution in [-0.4, -0.2) is 34.8 Å². The number of aliphatic hydroxyl groups excluding tert-OH is 1. The molecule has 20 heavy (non-hydrogen) atoms. The second kappa shape index (κ2) is 7.05. The molecule has 0 saturated carbocycles. The second-order valence-corrected chi connectivity index (χ2v) is 5.01. The molecule has 3 N–H and O–H groups in total. The number of hydrogen-bond donors (Lipinski definition) is 3. The first kappa shape index (κ1) is 14.5. The van der Waals surface area contributed by atoms with Gasteiger partial charge in [-0.05, 0) is 24.5 Å². The highest BCUT2D eigenvalue weighted by molar-refractivity contribution is 5.89. The highest BCUT2D eigenvalue weighted by atomic mass is 16.3. The molecule has 5 heteroatoms. The van der Waals surface area contributed by atoms with Crippen LogP contribution in [0.5, 0.6) is 0 Å². The Labute approximate surface area is 119 Å². The van der Waals surface area contributed by atoms with Gasteiger partial charge in [0.05, 0.1) is 5.52 Å². The van der Waals surface area contributed by atoms with Gasteiger partial charge in [-0.1, -0.05) is 26.0 Å². The van der Waals surface area contributed by atoms with Crippen LogP contribution in [0.4, 0.5) is 11.8 Å². The van der Waals surface area contributed by atoms with Gasteiger partial charge in [-0.2, -0.15) is 4.98 Å². The molecule has 5 nitrogen and oxygen atoms in total. The molecule has 0 aliphatic rings. The van der Waals surface area contributed by atoms with Crippen LogP contribution in [0.1, 0.15) is 20.3 Å². The van der Waals surface area contributed by atoms with Gasteiger partial charge in [0.1, 0.15) is 5.82 Å². The first-order valence-corrected chi connectivity index (χ1v) is 7.10. The summed E-state index contributed by atoms with van der Waals surface area (Å²) in [6, 6.07) is 7.93. The molecule has 1 atom stereocenters. The molecule has 2 aromatic rings. The Kier molecular flexibility index (Phi) is 5.12. The molecule has 1 aromatic heterocycles. The predicted molar refractivity (Wildman–Crippen MR) is 83.1 cm³/mol. The van der Waals surface area contributed by atoms with Crippen LogP contribution in [0.25, 0.3) is 10.9 Å². The van der Waals surface area contributed by atoms with E-state index in [9.17, 15) is 0 Å². The summed E-state index contributed by atoms with van der Waals surface area (Å²) in [5, 5.41) is 16.6. The van der Waals surface area contributed by atoms with Gasteiger partial charge in [0, 0.05) is 25.1 Å². The van der Waals surface area contributed by atoms with Gasteiger partial charge in [-0.3, -0.25) is 0 Å². The van der Waals surface area contributed by atoms with Gasteiger partial charge >= 0.3 is 0 Å². The molecule has 1 unspecified atom stereocenters. The van der Waals surface area contributed by atoms with Crippen LogP contribution >= 0.6 is 0 Å². The molecule has 0 bridgehead atoms. The summed E-state index contributed by atoms with van der Waals surface area (Å²) in [7, 11) is 0. The van der Waals surface area contributed by atoms with Gasteiger partial charge in [-0.25, -0.2) is 4.98 Å². The zero-order valence-electron chi connectivity index (χ0n) is 12.1. The van der Waals surface area contributed by atoms with Crippen molar-refractivity contribution in [3.63, 3.8) is 0 Å². The van der Waals surface area contributed by atoms with E-state index in [4.69, 9.17) is 5.11 Å². The number of aliphatic hydroxyl groups is 1. The number of benzene rings is 1. The molecule has 1 aromatic carbocycles. The summed E-state index contributed by atoms with van der Waals surface area (Å²) in [4.78, 5) is 9.04. The van der Waals surface area contributed by atoms with Gasteiger partial charge in [0.2, 0.25) is 5.95 Å². The fraction of sp³-hybridized carbons (Fsp3) is 0.467. The summed E-state index contributed by atoms with van der Waals surface area (Å²) in [5.74, 6) is 1.65. The molecule has 1 heterocycles. The molecular weight excluding hydrogens is 252 g/mol. The van der Waals surface area contributed by atoms with Crippen molar-refractivity contribution in [2.24, 2.45) is 5.92 Å². The van der Waals surface area contributed by atoms with Crippen LogP contribution in [-0.2, 0) is 0 Å². The lowest BCUT2D eigenvalue weighted by Gasteiger charge is -2.13. The Morgan fingerprint density at radius 3 is 2.75 bits per heavy atom. The number of fused-ring (bicyclic) bond motifs is 1. The van der Waals surface area contributed by atoms with Gasteiger partial charge in [0.25, 0.3) is 0 Å². The highest BCUT2D eigenvalue weighted by Gasteiger charge is 2.08. The average Bonchev–Trinajstić information content (AvgIpc) is 2.50. The minimum Gasteiger partial charge on any atom is -0.396 e. The van der Waals surface area contributed by atoms with E-state index in [0.29, 0.717) is 12.5 Å². The van der Waals surface area contributed by atoms with E-state index in [1.807, 2.05) is 31.2 Å². The third kappa shape index (κ3) is 3.57. The number of hydrogen-bond acceptors (Lipinski definition) is 5. The number of nitrogens with zero attached hydrogens (tertiary/aromatic N) is 2. The van der Waals surface area contributed by atoms with E-state index in [0.717, 1.165) is 29.7 Å². The normalized spacial score (nSPS) is 12.3. The molecule has 0 amide bonds. The Morgan fingerprint density at radius 1 is 1.20 bits per heavy atom. The molecule has 0 spiro atoms. The summed E-state index contributed by atoms with van der Waals surface area (Å²) >= 11 is 0. The number of rotatable bonds is 7. The van der Waals surface area contributed by atoms with E-state index in [2.05, 4.69) is 27.5 Å². The van der Waals surface area contributed by atoms with Crippen molar-refractivity contribution in [1.29, 1.82) is 0 Å². The molecule has 0 aliphatic carbocycles. The Bertz CT molecular complexity index is 559. The van der Waals surface area contributed by atoms with E-state index >= 15 is 0 Å². The van der Waals surface area contributed by atoms with Crippen LogP contribution in [0.15, 0.2) is 24.3 Å². The van der Waals surface area contributed by atoms with Crippen molar-refractivity contribution in [2.75, 3.05) is 30.3 Å². The number of para-hydroxylation sites is 1. The zero-order valence-corrected chi connectivity index (χ0v) is 12.1. The number of anilines is 2. The summed E-state index contributed by atoms with van der Waals surface area (Å²) in [6.45, 7) is 5.80. The van der Waals surface area contributed by atoms with E-state index in [1.165, 1.54) is 0 Å². The lowest BCUT2D eigenvalue weighted by molar-refractivity contribution is 0.244. The SMILES string of the molecule is CCCNc1nc(NCC(C)CO)c2ccccc2n1. The minimum atomic E-state index is 0.164. The number of aromatic nitrogens is 2. The van der Waals surface area contributed by atoms with Crippen molar-refractivity contribution < 1.29 is 5.11 Å². The van der Waals surface area contributed by atoms with Crippen LogP contribution in [0.2, 0.25) is 0 Å². The van der Waals surface area contributed by atoms with Gasteiger partial charge in [0.15, 0.2) is 0 Å². The number of nitrogens with one attached hydrogen (secondary N) is 2. The topological polar surface area (TPSA) is 70.1 Å². The molecular formula is C15H22N4O. The Hall–Kier alpha value is -1.88. The van der Waals surface area contributed by atoms with Crippen molar-refractivity contribution in [3.05, 3.63) is 24.3 Å². The third-order valence-electron chi connectivity index (χ3n) is 3.07. The zero-order chi connectivity index (χ0) is 14.4. The lowest BCUT2D eigenvalue weighted by Crippen LogP contribution is -2.16. The maximum Gasteiger partial charge on any atom is 0.225 e. The summed E-state index contributed by atoms with van der Waals surface area (Å²) < 4.78 is 0. The molecule has 108 valence electrons. The van der Waals surface area contributed by atoms with E-state index in [1.54, 1.807) is 0 Å². The highest BCUT2D eigenvalue weighted by Crippen LogP contribution is 2.22. The predicted octanol–water partition coefficient (Wildman–Crippen LogP) is 2.49. The van der Waals surface area contributed by atoms with Crippen molar-refractivity contribution in [3.8, 4) is 0 Å². The van der Waals surface area contributed by atoms with Crippen LogP contribution in [0.3, 0.4) is 0 Å². The first-order chi connectivity index (χ1) is 9.74. The molecule has 0 saturated heterocycles. The fourth-order valence-corrected chi connectivity index (χ4v) is 1.86. The Balaban J connectivity index is 2.28. The van der Waals surface area contributed by atoms with Gasteiger partial charge < -0.3 is 15.7 Å². The second-order valence-electron chi connectivity index (χ2n) is 5.01. The quantitative estimate of drug-likeness (QED) is 0.723. The summed E-state index contributed by atoms with van der Waals surface area (Å²) in [6.07, 6.45) is 1.03. The molecule has 0 radical (unpaired) electrons. The Morgan fingerprint density at radius 2 is 2.00 bits per heavy atom. The largest absolute Gasteiger partial charge is 0.396 e. The lowest BCUT2D eigenvalue weighted by atomic mass is 10.2. The standard InChI is InChI=1S/C15H22N4O/c1-3-8-16-15-18-13-7-5-4-6-12(13)14(19-15)17-9-11(2)10-20/h4-7,11,20H,3,8-10H2,1-2H3,(H2,16,17,18,19). The average molecular weight is 274 g/mol. The molecule has 2 rings (SSSR count). The molecule has 0 aliphatic heterocycles. The monoisotopic (exact) mass is 274 g/mol. The van der Waals surface area contributed by atoms with Crippen molar-refractivity contribution in [1.82, 2.24) is 9.97 Å². The maximum atomic E-state index is 9.11. The maximum absolute atomic E-state index is 9.11. The fourth-order valence-electron chi connectivity index (χ4n) is 1.86. The van der Waals surface area contributed by atoms with Crippen molar-refractivity contribution in [2.45, 2.75) is 20.3 Å². The van der Waals surface area contributed by atoms with E-state index in [-0.39, 0.29) is 12.5 Å². The minimum absolute atomic E-state index is 0.164. The van der Waals surface area contributed by atoms with E-state index < -0.39 is 0 Å². The van der Waals surface area contributed by atoms with Gasteiger partial charge in [-0.15, -0.1) is 0 Å². The van der Waals surface area contributed by atoms with Crippen LogP contribution < -0.4 is 10.6 Å². The first-order valence-electron chi connectivity index (χ1n) is 7.10. The van der Waals surface area contributed by atoms with Crippen molar-refractivity contribution >= 4 is 22.7 Å². The molecule has 0 fully saturated rings. The smallest absolute Gasteiger partial charge is 0.225 e. The summed E-state index contributed by atoms with van der Waals surface area (Å²) in [5.41, 5.74) is 0.917. The third-order valence-corrected chi connectivity index (χ3v) is 3.07. The van der Waals surface area contributed by atoms with Crippen LogP contribution in [0, 0.1) is 5.92 Å².